The van der Waals surface area contributed by atoms with Crippen LogP contribution in [0.3, 0.4) is 0 Å². The molecular weight excluding hydrogens is 1750 g/mol. The molecule has 3 N–H and O–H groups in total. The van der Waals surface area contributed by atoms with Crippen molar-refractivity contribution in [2.24, 2.45) is 10.8 Å². The van der Waals surface area contributed by atoms with E-state index in [1.54, 1.807) is 50.0 Å². The van der Waals surface area contributed by atoms with E-state index in [9.17, 15) is 19.2 Å². The first-order valence-corrected chi connectivity index (χ1v) is 48.3. The molecule has 141 heavy (non-hydrogen) atoms. The van der Waals surface area contributed by atoms with Crippen LogP contribution in [-0.4, -0.2) is 193 Å². The molecular formula is C118H116N16O7. The van der Waals surface area contributed by atoms with Crippen molar-refractivity contribution in [1.29, 1.82) is 0 Å². The highest BCUT2D eigenvalue weighted by Crippen LogP contribution is 2.50. The molecule has 23 heteroatoms. The second-order valence-corrected chi connectivity index (χ2v) is 37.4. The van der Waals surface area contributed by atoms with Gasteiger partial charge in [0.05, 0.1) is 49.9 Å². The smallest absolute Gasteiger partial charge is 0.316 e. The highest BCUT2D eigenvalue weighted by atomic mass is 16.5. The number of esters is 1. The summed E-state index contributed by atoms with van der Waals surface area (Å²) in [6.07, 6.45) is 22.6. The third-order valence-corrected chi connectivity index (χ3v) is 28.3. The van der Waals surface area contributed by atoms with Gasteiger partial charge in [-0.3, -0.25) is 38.9 Å². The van der Waals surface area contributed by atoms with Crippen molar-refractivity contribution in [1.82, 2.24) is 69.1 Å². The molecule has 0 spiro atoms. The van der Waals surface area contributed by atoms with E-state index in [2.05, 4.69) is 304 Å². The number of hydrogen-bond donors (Lipinski definition) is 2. The van der Waals surface area contributed by atoms with Crippen molar-refractivity contribution in [3.8, 4) is 45.3 Å². The van der Waals surface area contributed by atoms with E-state index in [4.69, 9.17) is 35.1 Å². The molecule has 2 aliphatic carbocycles. The predicted molar refractivity (Wildman–Crippen MR) is 555 cm³/mol. The number of fused-ring (bicyclic) bond motifs is 2. The van der Waals surface area contributed by atoms with Crippen LogP contribution in [0.2, 0.25) is 0 Å². The van der Waals surface area contributed by atoms with Gasteiger partial charge in [0.2, 0.25) is 17.7 Å². The van der Waals surface area contributed by atoms with Gasteiger partial charge in [0.25, 0.3) is 0 Å². The quantitative estimate of drug-likeness (QED) is 0.0275. The lowest BCUT2D eigenvalue weighted by Gasteiger charge is -2.37. The summed E-state index contributed by atoms with van der Waals surface area (Å²) in [6.45, 7) is 5.70. The summed E-state index contributed by atoms with van der Waals surface area (Å²) in [5, 5.41) is 16.3. The van der Waals surface area contributed by atoms with E-state index in [1.165, 1.54) is 42.2 Å². The Morgan fingerprint density at radius 2 is 0.766 bits per heavy atom. The number of nitrogen functional groups attached to an aromatic ring is 1. The summed E-state index contributed by atoms with van der Waals surface area (Å²) in [6, 6.07) is 105. The van der Waals surface area contributed by atoms with Gasteiger partial charge in [0.1, 0.15) is 27.9 Å². The first kappa shape index (κ1) is 94.6. The third kappa shape index (κ3) is 19.7. The molecule has 2 saturated carbocycles. The molecule has 6 aliphatic rings. The number of nitrogens with one attached hydrogen (secondary N) is 1. The van der Waals surface area contributed by atoms with Crippen LogP contribution in [0.1, 0.15) is 127 Å². The van der Waals surface area contributed by atoms with Crippen molar-refractivity contribution >= 4 is 68.0 Å². The minimum absolute atomic E-state index is 0. The second-order valence-electron chi connectivity index (χ2n) is 37.4. The van der Waals surface area contributed by atoms with Gasteiger partial charge >= 0.3 is 5.97 Å². The SMILES string of the molecule is C.COC[C@@]1(C(=O)Nc2ccc3c(c2)c(-c2ccnc(C4CC4)c2)nn3C(c2ccccc2)(c2ccccc2)c2ccccc2)CCN(C(=O)CN2CC=C(c3ccc(-c4ncccn4)cc3)CC2)C1.COC[C@@]1(C(=O)OC)CCN(C(=O)CN2CC=C(c3ccc(-c4ncccn4)cc3)CC2)C1.Nc1ccc2c(c1)c(-c1ccnc(C3CC3)c1)nn2C(c1ccccc1)(c1ccccc1)c1ccccc1. The highest BCUT2D eigenvalue weighted by molar-refractivity contribution is 6.02. The lowest BCUT2D eigenvalue weighted by atomic mass is 9.77. The molecule has 10 aromatic carbocycles. The molecule has 3 amide bonds. The first-order valence-electron chi connectivity index (χ1n) is 48.3. The van der Waals surface area contributed by atoms with Gasteiger partial charge in [-0.2, -0.15) is 10.2 Å². The van der Waals surface area contributed by atoms with Crippen LogP contribution in [0.5, 0.6) is 0 Å². The summed E-state index contributed by atoms with van der Waals surface area (Å²) in [4.78, 5) is 88.5. The first-order chi connectivity index (χ1) is 68.7. The standard InChI is InChI=1S/C58H54N8O3.C34H28N4.C25H30N4O4.CH4/c1-69-40-57(29-35-65(39-57)53(67)38-64-33-27-42(28-34-64)41-18-22-44(23-19-41)55-60-30-11-31-61-55)56(68)62-49-24-25-52-50(37-49)54(45-26-32-59-51(36-45)43-20-21-43)63-66(52)58(46-12-5-2-6-13-46,47-14-7-3-8-15-47)48-16-9-4-10-17-48;35-29-18-19-32-30(23-29)33(25-20-21-36-31(22-25)24-16-17-24)37-38(32)34(26-10-4-1-5-11-26,27-12-6-2-7-13-27)28-14-8-3-9-15-28;1-32-18-25(24(31)33-2)10-15-29(17-25)22(30)16-28-13-8-20(9-14-28)19-4-6-21(7-5-19)23-26-11-3-12-27-23;/h2-19,22-27,30-32,36-37,43H,20-21,28-29,33-35,38-40H2,1H3,(H,62,68);1-15,18-24H,16-17,35H2;3-8,11-12H,9-10,13-18H2,1-2H3;1H4/t57-;;25-;/m1.1./s1. The summed E-state index contributed by atoms with van der Waals surface area (Å²) in [5.41, 5.74) is 25.9. The normalized spacial score (nSPS) is 17.1. The van der Waals surface area contributed by atoms with E-state index in [0.29, 0.717) is 68.9 Å². The maximum Gasteiger partial charge on any atom is 0.316 e. The van der Waals surface area contributed by atoms with Crippen molar-refractivity contribution in [2.45, 2.75) is 81.7 Å². The highest BCUT2D eigenvalue weighted by Gasteiger charge is 2.50. The second kappa shape index (κ2) is 42.1. The fourth-order valence-electron chi connectivity index (χ4n) is 20.8. The van der Waals surface area contributed by atoms with E-state index >= 15 is 0 Å². The topological polar surface area (TPSA) is 260 Å². The number of benzene rings is 10. The molecule has 10 heterocycles. The van der Waals surface area contributed by atoms with Crippen molar-refractivity contribution in [2.75, 3.05) is 111 Å². The third-order valence-electron chi connectivity index (χ3n) is 28.3. The number of aromatic nitrogens is 10. The number of nitrogens with zero attached hydrogens (tertiary/aromatic N) is 14. The molecule has 4 aliphatic heterocycles. The van der Waals surface area contributed by atoms with Crippen molar-refractivity contribution < 1.29 is 33.4 Å². The van der Waals surface area contributed by atoms with Crippen LogP contribution in [0.15, 0.2) is 353 Å². The molecule has 4 fully saturated rings. The summed E-state index contributed by atoms with van der Waals surface area (Å²) >= 11 is 0. The van der Waals surface area contributed by atoms with Crippen LogP contribution in [0.25, 0.3) is 78.2 Å². The Bertz CT molecular complexity index is 6940. The molecule has 0 radical (unpaired) electrons. The number of amides is 3. The van der Waals surface area contributed by atoms with Crippen molar-refractivity contribution in [3.63, 3.8) is 0 Å². The summed E-state index contributed by atoms with van der Waals surface area (Å²) in [7, 11) is 4.57. The Balaban J connectivity index is 0.000000148. The minimum Gasteiger partial charge on any atom is -0.468 e. The maximum atomic E-state index is 14.7. The zero-order valence-corrected chi connectivity index (χ0v) is 79.0. The average molecular weight is 1870 g/mol. The van der Waals surface area contributed by atoms with E-state index in [-0.39, 0.29) is 57.4 Å². The number of pyridine rings is 2. The van der Waals surface area contributed by atoms with Gasteiger partial charge in [-0.05, 0) is 180 Å². The van der Waals surface area contributed by atoms with Crippen LogP contribution in [0, 0.1) is 10.8 Å². The van der Waals surface area contributed by atoms with E-state index < -0.39 is 21.9 Å². The zero-order chi connectivity index (χ0) is 95.6. The maximum absolute atomic E-state index is 14.7. The minimum atomic E-state index is -0.925. The van der Waals surface area contributed by atoms with E-state index in [0.717, 1.165) is 157 Å². The number of hydrogen-bond acceptors (Lipinski definition) is 18. The Labute approximate surface area is 822 Å². The number of nitrogens with two attached hydrogens (primary N) is 1. The fraction of sp³-hybridized carbons (Fsp3) is 0.254. The predicted octanol–water partition coefficient (Wildman–Crippen LogP) is 20.2. The van der Waals surface area contributed by atoms with Gasteiger partial charge in [-0.1, -0.05) is 250 Å². The molecule has 0 bridgehead atoms. The molecule has 6 aromatic heterocycles. The van der Waals surface area contributed by atoms with Gasteiger partial charge in [-0.25, -0.2) is 29.3 Å². The number of ether oxygens (including phenoxy) is 3. The van der Waals surface area contributed by atoms with Crippen LogP contribution >= 0.6 is 0 Å². The van der Waals surface area contributed by atoms with Crippen molar-refractivity contribution in [3.05, 3.63) is 409 Å². The molecule has 2 saturated heterocycles. The number of likely N-dealkylation sites (tertiary alicyclic amines) is 2. The lowest BCUT2D eigenvalue weighted by molar-refractivity contribution is -0.155. The molecule has 2 atom stereocenters. The fourth-order valence-corrected chi connectivity index (χ4v) is 20.8. The number of rotatable bonds is 27. The molecule has 0 unspecified atom stereocenters. The summed E-state index contributed by atoms with van der Waals surface area (Å²) in [5.74, 6) is 2.02. The van der Waals surface area contributed by atoms with E-state index in [1.807, 2.05) is 71.9 Å². The molecule has 710 valence electrons. The Hall–Kier alpha value is -15.4. The van der Waals surface area contributed by atoms with Gasteiger partial charge in [-0.15, -0.1) is 0 Å². The van der Waals surface area contributed by atoms with Gasteiger partial charge in [0.15, 0.2) is 11.6 Å². The van der Waals surface area contributed by atoms with Crippen LogP contribution < -0.4 is 11.1 Å². The Morgan fingerprint density at radius 1 is 0.397 bits per heavy atom. The number of carbonyl (C=O) groups is 4. The number of anilines is 2. The zero-order valence-electron chi connectivity index (χ0n) is 79.0. The summed E-state index contributed by atoms with van der Waals surface area (Å²) < 4.78 is 20.4. The molecule has 16 aromatic rings. The van der Waals surface area contributed by atoms with Crippen LogP contribution in [0.4, 0.5) is 11.4 Å². The van der Waals surface area contributed by atoms with Crippen LogP contribution in [-0.2, 0) is 44.5 Å². The van der Waals surface area contributed by atoms with Gasteiger partial charge < -0.3 is 35.1 Å². The van der Waals surface area contributed by atoms with Gasteiger partial charge in [0, 0.05) is 171 Å². The average Bonchev–Trinajstić information content (AvgIpc) is 1.60. The monoisotopic (exact) mass is 1870 g/mol. The molecule has 23 nitrogen and oxygen atoms in total. The lowest BCUT2D eigenvalue weighted by Crippen LogP contribution is -2.45. The molecule has 22 rings (SSSR count). The Kier molecular flexibility index (Phi) is 28.2. The number of carbonyl (C=O) groups excluding carboxylic acids is 4. The largest absolute Gasteiger partial charge is 0.468 e. The Morgan fingerprint density at radius 3 is 1.14 bits per heavy atom. The number of methoxy groups -OCH3 is 3.